The minimum Gasteiger partial charge on any atom is -0.497 e. The molecule has 2 aliphatic rings. The van der Waals surface area contributed by atoms with Gasteiger partial charge in [0.1, 0.15) is 29.3 Å². The van der Waals surface area contributed by atoms with Crippen LogP contribution in [-0.2, 0) is 12.8 Å². The number of methoxy groups -OCH3 is 2. The number of aryl methyl sites for hydroxylation is 2. The van der Waals surface area contributed by atoms with Crippen molar-refractivity contribution in [3.63, 3.8) is 0 Å². The van der Waals surface area contributed by atoms with Gasteiger partial charge >= 0.3 is 0 Å². The summed E-state index contributed by atoms with van der Waals surface area (Å²) in [6.07, 6.45) is 44.3. The number of nitrogens with zero attached hydrogens (tertiary/aromatic N) is 6. The highest BCUT2D eigenvalue weighted by Crippen LogP contribution is 2.42. The van der Waals surface area contributed by atoms with Crippen LogP contribution in [-0.4, -0.2) is 59.5 Å². The molecule has 10 nitrogen and oxygen atoms in total. The van der Waals surface area contributed by atoms with Crippen LogP contribution in [0.5, 0.6) is 11.5 Å². The topological polar surface area (TPSA) is 84.6 Å². The normalized spacial score (nSPS) is 14.0. The molecule has 0 amide bonds. The van der Waals surface area contributed by atoms with Gasteiger partial charge in [0, 0.05) is 63.3 Å². The number of nitrogens with one attached hydrogen (secondary N) is 2. The van der Waals surface area contributed by atoms with Gasteiger partial charge in [-0.25, -0.2) is 20.8 Å². The van der Waals surface area contributed by atoms with Gasteiger partial charge in [-0.1, -0.05) is 224 Å². The predicted octanol–water partition coefficient (Wildman–Crippen LogP) is 16.8. The summed E-state index contributed by atoms with van der Waals surface area (Å²) in [5, 5.41) is 4.69. The first kappa shape index (κ1) is 56.4. The molecular formula is C63H100N8O2. The summed E-state index contributed by atoms with van der Waals surface area (Å²) < 4.78 is 17.3. The Morgan fingerprint density at radius 3 is 1.11 bits per heavy atom. The van der Waals surface area contributed by atoms with Crippen molar-refractivity contribution in [2.24, 2.45) is 0 Å². The van der Waals surface area contributed by atoms with E-state index in [4.69, 9.17) is 19.4 Å². The SMILES string of the molecule is CCCCCCCCCCCCCCCCCc1nc2cc(OC)cc(N3CCCN3)c2n1C(c1ccccc1)n1c(CCCCCCCCCCCCCCCCC)nc2cc(OC)cc(N3CCCN3)c21. The van der Waals surface area contributed by atoms with E-state index < -0.39 is 0 Å². The predicted molar refractivity (Wildman–Crippen MR) is 310 cm³/mol. The van der Waals surface area contributed by atoms with Crippen LogP contribution in [0.1, 0.15) is 243 Å². The van der Waals surface area contributed by atoms with Crippen LogP contribution in [0.2, 0.25) is 0 Å². The number of unbranched alkanes of at least 4 members (excludes halogenated alkanes) is 28. The van der Waals surface area contributed by atoms with Crippen molar-refractivity contribution < 1.29 is 9.47 Å². The Bertz CT molecular complexity index is 2140. The molecule has 2 fully saturated rings. The Kier molecular flexibility index (Phi) is 24.9. The van der Waals surface area contributed by atoms with E-state index in [1.54, 1.807) is 14.2 Å². The number of ether oxygens (including phenoxy) is 2. The van der Waals surface area contributed by atoms with E-state index in [2.05, 4.69) is 98.4 Å². The maximum absolute atomic E-state index is 6.03. The van der Waals surface area contributed by atoms with E-state index >= 15 is 0 Å². The van der Waals surface area contributed by atoms with Gasteiger partial charge in [0.25, 0.3) is 0 Å². The van der Waals surface area contributed by atoms with Crippen molar-refractivity contribution in [2.45, 2.75) is 238 Å². The average Bonchev–Trinajstić information content (AvgIpc) is 4.27. The third kappa shape index (κ3) is 16.9. The number of imidazole rings is 2. The monoisotopic (exact) mass is 1000 g/mol. The van der Waals surface area contributed by atoms with Crippen molar-refractivity contribution in [1.29, 1.82) is 0 Å². The van der Waals surface area contributed by atoms with Crippen LogP contribution in [0.3, 0.4) is 0 Å². The number of fused-ring (bicyclic) bond motifs is 2. The molecule has 4 heterocycles. The summed E-state index contributed by atoms with van der Waals surface area (Å²) in [6, 6.07) is 20.0. The summed E-state index contributed by atoms with van der Waals surface area (Å²) in [6.45, 7) is 8.37. The second-order valence-electron chi connectivity index (χ2n) is 21.8. The molecule has 0 radical (unpaired) electrons. The van der Waals surface area contributed by atoms with Crippen LogP contribution in [0.4, 0.5) is 11.4 Å². The van der Waals surface area contributed by atoms with Crippen molar-refractivity contribution in [2.75, 3.05) is 50.4 Å². The molecule has 73 heavy (non-hydrogen) atoms. The van der Waals surface area contributed by atoms with E-state index in [-0.39, 0.29) is 6.17 Å². The maximum Gasteiger partial charge on any atom is 0.139 e. The first-order chi connectivity index (χ1) is 36.1. The summed E-state index contributed by atoms with van der Waals surface area (Å²) >= 11 is 0. The lowest BCUT2D eigenvalue weighted by Gasteiger charge is -2.30. The van der Waals surface area contributed by atoms with Crippen LogP contribution in [0.15, 0.2) is 54.6 Å². The minimum absolute atomic E-state index is 0.238. The lowest BCUT2D eigenvalue weighted by Crippen LogP contribution is -2.32. The highest BCUT2D eigenvalue weighted by molar-refractivity contribution is 5.93. The Hall–Kier alpha value is -4.28. The molecule has 10 heteroatoms. The average molecular weight is 1000 g/mol. The molecular weight excluding hydrogens is 901 g/mol. The molecule has 2 aliphatic heterocycles. The zero-order valence-electron chi connectivity index (χ0n) is 46.6. The van der Waals surface area contributed by atoms with Crippen LogP contribution in [0.25, 0.3) is 22.1 Å². The molecule has 0 unspecified atom stereocenters. The summed E-state index contributed by atoms with van der Waals surface area (Å²) in [7, 11) is 3.57. The number of benzene rings is 3. The summed E-state index contributed by atoms with van der Waals surface area (Å²) in [4.78, 5) is 11.3. The largest absolute Gasteiger partial charge is 0.497 e. The van der Waals surface area contributed by atoms with Gasteiger partial charge in [-0.3, -0.25) is 0 Å². The first-order valence-electron chi connectivity index (χ1n) is 30.4. The van der Waals surface area contributed by atoms with Crippen LogP contribution < -0.4 is 30.3 Å². The molecule has 0 atom stereocenters. The fourth-order valence-electron chi connectivity index (χ4n) is 11.8. The van der Waals surface area contributed by atoms with Gasteiger partial charge in [-0.05, 0) is 31.2 Å². The molecule has 0 bridgehead atoms. The first-order valence-corrected chi connectivity index (χ1v) is 30.4. The fraction of sp³-hybridized carbons (Fsp3) is 0.683. The highest BCUT2D eigenvalue weighted by atomic mass is 16.5. The smallest absolute Gasteiger partial charge is 0.139 e. The Morgan fingerprint density at radius 2 is 0.795 bits per heavy atom. The van der Waals surface area contributed by atoms with Gasteiger partial charge in [-0.15, -0.1) is 0 Å². The Balaban J connectivity index is 1.14. The zero-order valence-corrected chi connectivity index (χ0v) is 46.6. The Morgan fingerprint density at radius 1 is 0.452 bits per heavy atom. The minimum atomic E-state index is -0.238. The van der Waals surface area contributed by atoms with E-state index in [0.717, 1.165) is 121 Å². The van der Waals surface area contributed by atoms with E-state index in [1.165, 1.54) is 185 Å². The molecule has 2 aromatic heterocycles. The molecule has 0 spiro atoms. The lowest BCUT2D eigenvalue weighted by molar-refractivity contribution is 0.415. The van der Waals surface area contributed by atoms with E-state index in [9.17, 15) is 0 Å². The van der Waals surface area contributed by atoms with Crippen LogP contribution >= 0.6 is 0 Å². The molecule has 3 aromatic carbocycles. The molecule has 0 saturated carbocycles. The van der Waals surface area contributed by atoms with Crippen molar-refractivity contribution in [1.82, 2.24) is 30.0 Å². The van der Waals surface area contributed by atoms with Crippen molar-refractivity contribution in [3.8, 4) is 11.5 Å². The van der Waals surface area contributed by atoms with Gasteiger partial charge in [0.15, 0.2) is 0 Å². The molecule has 0 aliphatic carbocycles. The standard InChI is InChI=1S/C63H100N8O2/c1-5-7-9-11-13-15-17-19-21-23-25-27-29-31-36-42-59-66-55-48-53(72-3)50-57(68-46-38-44-64-68)61(55)70(59)63(52-40-34-33-35-41-52)71-60(43-37-32-30-28-26-24-22-20-18-16-14-12-10-8-6-2)67-56-49-54(73-4)51-58(62(56)71)69-47-39-45-65-69/h33-35,40-41,48-51,63-65H,5-32,36-39,42-47H2,1-4H3. The van der Waals surface area contributed by atoms with E-state index in [0.29, 0.717) is 0 Å². The molecule has 2 saturated heterocycles. The second-order valence-corrected chi connectivity index (χ2v) is 21.8. The third-order valence-corrected chi connectivity index (χ3v) is 16.0. The van der Waals surface area contributed by atoms with Crippen molar-refractivity contribution >= 4 is 33.4 Å². The quantitative estimate of drug-likeness (QED) is 0.0377. The van der Waals surface area contributed by atoms with Gasteiger partial charge in [-0.2, -0.15) is 0 Å². The molecule has 7 rings (SSSR count). The number of aromatic nitrogens is 4. The Labute approximate surface area is 443 Å². The summed E-state index contributed by atoms with van der Waals surface area (Å²) in [5.41, 5.74) is 15.2. The molecule has 5 aromatic rings. The number of hydrazine groups is 2. The number of hydrogen-bond donors (Lipinski definition) is 2. The van der Waals surface area contributed by atoms with Gasteiger partial charge < -0.3 is 28.6 Å². The van der Waals surface area contributed by atoms with E-state index in [1.807, 2.05) is 0 Å². The van der Waals surface area contributed by atoms with Gasteiger partial charge in [0.2, 0.25) is 0 Å². The highest BCUT2D eigenvalue weighted by Gasteiger charge is 2.32. The number of hydrogen-bond acceptors (Lipinski definition) is 8. The van der Waals surface area contributed by atoms with Crippen LogP contribution in [0, 0.1) is 0 Å². The second kappa shape index (κ2) is 32.2. The molecule has 404 valence electrons. The fourth-order valence-corrected chi connectivity index (χ4v) is 11.8. The summed E-state index contributed by atoms with van der Waals surface area (Å²) in [5.74, 6) is 3.93. The number of anilines is 2. The number of rotatable bonds is 39. The maximum atomic E-state index is 6.03. The zero-order chi connectivity index (χ0) is 50.7. The molecule has 2 N–H and O–H groups in total. The van der Waals surface area contributed by atoms with Crippen molar-refractivity contribution in [3.05, 3.63) is 71.8 Å². The van der Waals surface area contributed by atoms with Gasteiger partial charge in [0.05, 0.1) is 47.7 Å². The lowest BCUT2D eigenvalue weighted by atomic mass is 10.0. The third-order valence-electron chi connectivity index (χ3n) is 16.0.